The topological polar surface area (TPSA) is 3.24 Å². The lowest BCUT2D eigenvalue weighted by atomic mass is 9.81. The normalized spacial score (nSPS) is 26.0. The van der Waals surface area contributed by atoms with Crippen LogP contribution in [0.25, 0.3) is 0 Å². The summed E-state index contributed by atoms with van der Waals surface area (Å²) in [4.78, 5) is 2.29. The molecule has 0 bridgehead atoms. The van der Waals surface area contributed by atoms with Gasteiger partial charge in [0.15, 0.2) is 0 Å². The quantitative estimate of drug-likeness (QED) is 0.739. The zero-order valence-corrected chi connectivity index (χ0v) is 10.1. The van der Waals surface area contributed by atoms with Gasteiger partial charge >= 0.3 is 0 Å². The lowest BCUT2D eigenvalue weighted by Gasteiger charge is -2.32. The van der Waals surface area contributed by atoms with E-state index >= 15 is 0 Å². The molecule has 0 radical (unpaired) electrons. The highest BCUT2D eigenvalue weighted by molar-refractivity contribution is 5.22. The third-order valence-electron chi connectivity index (χ3n) is 3.77. The molecule has 0 amide bonds. The Hall–Kier alpha value is -0.890. The van der Waals surface area contributed by atoms with Crippen LogP contribution < -0.4 is 0 Å². The summed E-state index contributed by atoms with van der Waals surface area (Å²) in [5.41, 5.74) is 0.916. The fourth-order valence-electron chi connectivity index (χ4n) is 2.71. The molecule has 0 saturated heterocycles. The molecule has 0 spiro atoms. The highest BCUT2D eigenvalue weighted by Gasteiger charge is 2.24. The fourth-order valence-corrected chi connectivity index (χ4v) is 2.71. The van der Waals surface area contributed by atoms with Crippen LogP contribution in [0, 0.1) is 5.82 Å². The molecular weight excluding hydrogens is 201 g/mol. The second-order valence-corrected chi connectivity index (χ2v) is 4.99. The highest BCUT2D eigenvalue weighted by atomic mass is 19.1. The number of hydrogen-bond donors (Lipinski definition) is 0. The van der Waals surface area contributed by atoms with Gasteiger partial charge in [-0.25, -0.2) is 4.39 Å². The van der Waals surface area contributed by atoms with E-state index in [1.807, 2.05) is 12.1 Å². The van der Waals surface area contributed by atoms with E-state index in [0.717, 1.165) is 18.4 Å². The predicted octanol–water partition coefficient (Wildman–Crippen LogP) is 3.41. The first kappa shape index (κ1) is 11.6. The van der Waals surface area contributed by atoms with Crippen molar-refractivity contribution >= 4 is 0 Å². The Kier molecular flexibility index (Phi) is 3.59. The number of rotatable bonds is 2. The average Bonchev–Trinajstić information content (AvgIpc) is 2.30. The Morgan fingerprint density at radius 2 is 1.69 bits per heavy atom. The van der Waals surface area contributed by atoms with Gasteiger partial charge in [0.1, 0.15) is 5.82 Å². The monoisotopic (exact) mass is 221 g/mol. The molecular formula is C14H20FN. The maximum Gasteiger partial charge on any atom is 0.126 e. The molecule has 1 saturated carbocycles. The van der Waals surface area contributed by atoms with Gasteiger partial charge in [0.05, 0.1) is 0 Å². The second-order valence-electron chi connectivity index (χ2n) is 4.99. The van der Waals surface area contributed by atoms with Crippen LogP contribution in [0.15, 0.2) is 24.3 Å². The molecule has 0 aromatic heterocycles. The Morgan fingerprint density at radius 1 is 1.06 bits per heavy atom. The van der Waals surface area contributed by atoms with Crippen LogP contribution in [0.1, 0.15) is 37.2 Å². The molecule has 1 aromatic carbocycles. The standard InChI is InChI=1S/C14H20FN/c1-16(2)12-9-7-11(8-10-12)13-5-3-4-6-14(13)15/h3-6,11-12H,7-10H2,1-2H3/t11-,12-. The van der Waals surface area contributed by atoms with Gasteiger partial charge in [-0.3, -0.25) is 0 Å². The van der Waals surface area contributed by atoms with Crippen LogP contribution in [-0.4, -0.2) is 25.0 Å². The summed E-state index contributed by atoms with van der Waals surface area (Å²) in [6.07, 6.45) is 4.60. The lowest BCUT2D eigenvalue weighted by molar-refractivity contribution is 0.215. The van der Waals surface area contributed by atoms with Crippen LogP contribution in [0.4, 0.5) is 4.39 Å². The van der Waals surface area contributed by atoms with Crippen LogP contribution >= 0.6 is 0 Å². The molecule has 2 rings (SSSR count). The molecule has 0 aliphatic heterocycles. The van der Waals surface area contributed by atoms with Crippen LogP contribution in [-0.2, 0) is 0 Å². The van der Waals surface area contributed by atoms with E-state index < -0.39 is 0 Å². The molecule has 0 unspecified atom stereocenters. The van der Waals surface area contributed by atoms with Gasteiger partial charge in [0.2, 0.25) is 0 Å². The Bertz CT molecular complexity index is 340. The van der Waals surface area contributed by atoms with Gasteiger partial charge in [0.25, 0.3) is 0 Å². The minimum absolute atomic E-state index is 0.0317. The highest BCUT2D eigenvalue weighted by Crippen LogP contribution is 2.35. The first-order valence-electron chi connectivity index (χ1n) is 6.09. The largest absolute Gasteiger partial charge is 0.306 e. The third-order valence-corrected chi connectivity index (χ3v) is 3.77. The van der Waals surface area contributed by atoms with E-state index in [9.17, 15) is 4.39 Å². The van der Waals surface area contributed by atoms with E-state index in [4.69, 9.17) is 0 Å². The van der Waals surface area contributed by atoms with E-state index in [-0.39, 0.29) is 5.82 Å². The number of benzene rings is 1. The van der Waals surface area contributed by atoms with Crippen LogP contribution in [0.2, 0.25) is 0 Å². The van der Waals surface area contributed by atoms with Crippen molar-refractivity contribution in [2.45, 2.75) is 37.6 Å². The van der Waals surface area contributed by atoms with Gasteiger partial charge in [-0.15, -0.1) is 0 Å². The summed E-state index contributed by atoms with van der Waals surface area (Å²) in [6.45, 7) is 0. The maximum atomic E-state index is 13.6. The number of halogens is 1. The minimum atomic E-state index is -0.0317. The summed E-state index contributed by atoms with van der Waals surface area (Å²) in [7, 11) is 4.27. The van der Waals surface area contributed by atoms with Crippen molar-refractivity contribution < 1.29 is 4.39 Å². The molecule has 16 heavy (non-hydrogen) atoms. The number of nitrogens with zero attached hydrogens (tertiary/aromatic N) is 1. The molecule has 1 aromatic rings. The predicted molar refractivity (Wildman–Crippen MR) is 65.1 cm³/mol. The summed E-state index contributed by atoms with van der Waals surface area (Å²) in [5.74, 6) is 0.396. The fraction of sp³-hybridized carbons (Fsp3) is 0.571. The van der Waals surface area contributed by atoms with Crippen molar-refractivity contribution in [1.29, 1.82) is 0 Å². The molecule has 1 aliphatic carbocycles. The zero-order valence-electron chi connectivity index (χ0n) is 10.1. The Labute approximate surface area is 97.3 Å². The number of hydrogen-bond acceptors (Lipinski definition) is 1. The first-order chi connectivity index (χ1) is 7.68. The van der Waals surface area contributed by atoms with Gasteiger partial charge < -0.3 is 4.90 Å². The third kappa shape index (κ3) is 2.43. The maximum absolute atomic E-state index is 13.6. The van der Waals surface area contributed by atoms with E-state index in [1.165, 1.54) is 12.8 Å². The molecule has 2 heteroatoms. The molecule has 1 aliphatic rings. The molecule has 0 heterocycles. The van der Waals surface area contributed by atoms with Crippen molar-refractivity contribution in [1.82, 2.24) is 4.90 Å². The van der Waals surface area contributed by atoms with Crippen molar-refractivity contribution in [3.05, 3.63) is 35.6 Å². The van der Waals surface area contributed by atoms with Crippen molar-refractivity contribution in [3.63, 3.8) is 0 Å². The van der Waals surface area contributed by atoms with E-state index in [2.05, 4.69) is 19.0 Å². The summed E-state index contributed by atoms with van der Waals surface area (Å²) >= 11 is 0. The Morgan fingerprint density at radius 3 is 2.25 bits per heavy atom. The van der Waals surface area contributed by atoms with E-state index in [0.29, 0.717) is 12.0 Å². The lowest BCUT2D eigenvalue weighted by Crippen LogP contribution is -2.31. The summed E-state index contributed by atoms with van der Waals surface area (Å²) in [6, 6.07) is 7.91. The van der Waals surface area contributed by atoms with Gasteiger partial charge in [-0.1, -0.05) is 18.2 Å². The second kappa shape index (κ2) is 4.96. The van der Waals surface area contributed by atoms with Crippen molar-refractivity contribution in [2.75, 3.05) is 14.1 Å². The molecule has 0 N–H and O–H groups in total. The van der Waals surface area contributed by atoms with Crippen LogP contribution in [0.5, 0.6) is 0 Å². The molecule has 0 atom stereocenters. The van der Waals surface area contributed by atoms with E-state index in [1.54, 1.807) is 12.1 Å². The van der Waals surface area contributed by atoms with Gasteiger partial charge in [-0.2, -0.15) is 0 Å². The Balaban J connectivity index is 2.02. The van der Waals surface area contributed by atoms with Crippen molar-refractivity contribution in [2.24, 2.45) is 0 Å². The molecule has 88 valence electrons. The average molecular weight is 221 g/mol. The SMILES string of the molecule is CN(C)[C@H]1CC[C@H](c2ccccc2F)CC1. The van der Waals surface area contributed by atoms with Crippen LogP contribution in [0.3, 0.4) is 0 Å². The molecule has 1 nitrogen and oxygen atoms in total. The molecule has 1 fully saturated rings. The van der Waals surface area contributed by atoms with Crippen molar-refractivity contribution in [3.8, 4) is 0 Å². The van der Waals surface area contributed by atoms with Gasteiger partial charge in [-0.05, 0) is 57.3 Å². The smallest absolute Gasteiger partial charge is 0.126 e. The van der Waals surface area contributed by atoms with Gasteiger partial charge in [0, 0.05) is 6.04 Å². The summed E-state index contributed by atoms with van der Waals surface area (Å²) < 4.78 is 13.6. The summed E-state index contributed by atoms with van der Waals surface area (Å²) in [5, 5.41) is 0. The zero-order chi connectivity index (χ0) is 11.5. The minimum Gasteiger partial charge on any atom is -0.306 e. The first-order valence-corrected chi connectivity index (χ1v) is 6.09.